The molecule has 3 nitrogen and oxygen atoms in total. The molecule has 0 bridgehead atoms. The average molecular weight is 265 g/mol. The van der Waals surface area contributed by atoms with Gasteiger partial charge in [0.05, 0.1) is 24.6 Å². The molecule has 0 saturated carbocycles. The summed E-state index contributed by atoms with van der Waals surface area (Å²) in [4.78, 5) is 8.88. The molecule has 1 fully saturated rings. The summed E-state index contributed by atoms with van der Waals surface area (Å²) in [5.41, 5.74) is 0.995. The molecule has 1 aliphatic heterocycles. The number of aromatic nitrogens is 2. The number of ether oxygens (including phenoxy) is 1. The van der Waals surface area contributed by atoms with Gasteiger partial charge in [0.1, 0.15) is 5.82 Å². The molecule has 2 aromatic rings. The van der Waals surface area contributed by atoms with E-state index in [2.05, 4.69) is 25.9 Å². The van der Waals surface area contributed by atoms with E-state index in [0.29, 0.717) is 5.92 Å². The smallest absolute Gasteiger partial charge is 0.136 e. The fourth-order valence-corrected chi connectivity index (χ4v) is 1.98. The molecule has 1 saturated heterocycles. The van der Waals surface area contributed by atoms with E-state index in [-0.39, 0.29) is 0 Å². The fourth-order valence-electron chi connectivity index (χ4n) is 1.60. The van der Waals surface area contributed by atoms with Crippen molar-refractivity contribution in [1.82, 2.24) is 9.97 Å². The van der Waals surface area contributed by atoms with Gasteiger partial charge in [-0.2, -0.15) is 0 Å². The Labute approximate surface area is 95.6 Å². The second kappa shape index (κ2) is 3.54. The zero-order chi connectivity index (χ0) is 10.3. The van der Waals surface area contributed by atoms with E-state index in [4.69, 9.17) is 4.74 Å². The van der Waals surface area contributed by atoms with Gasteiger partial charge in [-0.15, -0.1) is 0 Å². The van der Waals surface area contributed by atoms with Gasteiger partial charge in [0.15, 0.2) is 0 Å². The molecule has 0 aliphatic carbocycles. The summed E-state index contributed by atoms with van der Waals surface area (Å²) in [6.07, 6.45) is 1.88. The molecule has 0 spiro atoms. The highest BCUT2D eigenvalue weighted by Crippen LogP contribution is 2.23. The van der Waals surface area contributed by atoms with E-state index in [0.717, 1.165) is 34.4 Å². The van der Waals surface area contributed by atoms with Crippen molar-refractivity contribution in [2.45, 2.75) is 5.92 Å². The third kappa shape index (κ3) is 1.64. The summed E-state index contributed by atoms with van der Waals surface area (Å²) in [5, 5.41) is 1.06. The van der Waals surface area contributed by atoms with E-state index in [9.17, 15) is 0 Å². The summed E-state index contributed by atoms with van der Waals surface area (Å²) >= 11 is 3.43. The first-order chi connectivity index (χ1) is 7.33. The quantitative estimate of drug-likeness (QED) is 0.794. The first-order valence-corrected chi connectivity index (χ1v) is 5.62. The summed E-state index contributed by atoms with van der Waals surface area (Å²) in [5.74, 6) is 1.29. The van der Waals surface area contributed by atoms with Crippen LogP contribution in [0.25, 0.3) is 10.9 Å². The Morgan fingerprint density at radius 3 is 2.93 bits per heavy atom. The van der Waals surface area contributed by atoms with E-state index in [1.807, 2.05) is 24.4 Å². The molecule has 0 radical (unpaired) electrons. The highest BCUT2D eigenvalue weighted by molar-refractivity contribution is 9.10. The van der Waals surface area contributed by atoms with Gasteiger partial charge in [0.25, 0.3) is 0 Å². The number of rotatable bonds is 1. The number of benzene rings is 1. The van der Waals surface area contributed by atoms with Gasteiger partial charge in [-0.05, 0) is 18.2 Å². The van der Waals surface area contributed by atoms with E-state index >= 15 is 0 Å². The van der Waals surface area contributed by atoms with Crippen molar-refractivity contribution in [3.05, 3.63) is 34.7 Å². The molecule has 1 aromatic carbocycles. The minimum atomic E-state index is 0.387. The van der Waals surface area contributed by atoms with Crippen LogP contribution >= 0.6 is 15.9 Å². The molecular weight excluding hydrogens is 256 g/mol. The van der Waals surface area contributed by atoms with Crippen molar-refractivity contribution >= 4 is 26.8 Å². The minimum Gasteiger partial charge on any atom is -0.380 e. The van der Waals surface area contributed by atoms with Crippen LogP contribution < -0.4 is 0 Å². The SMILES string of the molecule is Brc1ccc2nc(C3COC3)ncc2c1. The monoisotopic (exact) mass is 264 g/mol. The molecule has 0 N–H and O–H groups in total. The number of fused-ring (bicyclic) bond motifs is 1. The fraction of sp³-hybridized carbons (Fsp3) is 0.273. The molecule has 76 valence electrons. The van der Waals surface area contributed by atoms with Crippen LogP contribution in [0.3, 0.4) is 0 Å². The van der Waals surface area contributed by atoms with Gasteiger partial charge < -0.3 is 4.74 Å². The van der Waals surface area contributed by atoms with Crippen LogP contribution in [0.1, 0.15) is 11.7 Å². The van der Waals surface area contributed by atoms with Crippen LogP contribution in [-0.4, -0.2) is 23.2 Å². The number of halogens is 1. The van der Waals surface area contributed by atoms with Gasteiger partial charge in [-0.3, -0.25) is 0 Å². The van der Waals surface area contributed by atoms with Crippen LogP contribution in [0.2, 0.25) is 0 Å². The van der Waals surface area contributed by atoms with Crippen LogP contribution in [0, 0.1) is 0 Å². The van der Waals surface area contributed by atoms with Gasteiger partial charge in [0, 0.05) is 16.1 Å². The lowest BCUT2D eigenvalue weighted by atomic mass is 10.1. The lowest BCUT2D eigenvalue weighted by Crippen LogP contribution is -2.26. The summed E-state index contributed by atoms with van der Waals surface area (Å²) in [7, 11) is 0. The van der Waals surface area contributed by atoms with Crippen molar-refractivity contribution in [2.24, 2.45) is 0 Å². The zero-order valence-electron chi connectivity index (χ0n) is 7.98. The first kappa shape index (κ1) is 9.24. The van der Waals surface area contributed by atoms with Crippen molar-refractivity contribution < 1.29 is 4.74 Å². The average Bonchev–Trinajstić information content (AvgIpc) is 2.15. The van der Waals surface area contributed by atoms with Crippen molar-refractivity contribution in [3.63, 3.8) is 0 Å². The molecule has 3 rings (SSSR count). The lowest BCUT2D eigenvalue weighted by molar-refractivity contribution is 0.00499. The lowest BCUT2D eigenvalue weighted by Gasteiger charge is -2.24. The Morgan fingerprint density at radius 2 is 2.20 bits per heavy atom. The van der Waals surface area contributed by atoms with E-state index in [1.54, 1.807) is 0 Å². The largest absolute Gasteiger partial charge is 0.380 e. The van der Waals surface area contributed by atoms with Crippen LogP contribution in [0.15, 0.2) is 28.9 Å². The second-order valence-corrected chi connectivity index (χ2v) is 4.58. The van der Waals surface area contributed by atoms with Gasteiger partial charge >= 0.3 is 0 Å². The minimum absolute atomic E-state index is 0.387. The maximum absolute atomic E-state index is 5.13. The Hall–Kier alpha value is -1.00. The highest BCUT2D eigenvalue weighted by Gasteiger charge is 2.23. The third-order valence-electron chi connectivity index (χ3n) is 2.56. The van der Waals surface area contributed by atoms with Crippen molar-refractivity contribution in [2.75, 3.05) is 13.2 Å². The van der Waals surface area contributed by atoms with Gasteiger partial charge in [0.2, 0.25) is 0 Å². The van der Waals surface area contributed by atoms with E-state index < -0.39 is 0 Å². The maximum atomic E-state index is 5.13. The molecule has 4 heteroatoms. The molecule has 0 unspecified atom stereocenters. The van der Waals surface area contributed by atoms with Crippen molar-refractivity contribution in [3.8, 4) is 0 Å². The Bertz CT molecular complexity index is 511. The molecule has 2 heterocycles. The zero-order valence-corrected chi connectivity index (χ0v) is 9.57. The van der Waals surface area contributed by atoms with E-state index in [1.165, 1.54) is 0 Å². The molecule has 1 aromatic heterocycles. The molecule has 0 atom stereocenters. The molecule has 1 aliphatic rings. The normalized spacial score (nSPS) is 16.6. The Morgan fingerprint density at radius 1 is 1.33 bits per heavy atom. The second-order valence-electron chi connectivity index (χ2n) is 3.67. The summed E-state index contributed by atoms with van der Waals surface area (Å²) < 4.78 is 6.19. The number of hydrogen-bond donors (Lipinski definition) is 0. The predicted octanol–water partition coefficient (Wildman–Crippen LogP) is 2.51. The first-order valence-electron chi connectivity index (χ1n) is 4.83. The van der Waals surface area contributed by atoms with Crippen LogP contribution in [0.4, 0.5) is 0 Å². The number of hydrogen-bond acceptors (Lipinski definition) is 3. The van der Waals surface area contributed by atoms with Crippen LogP contribution in [0.5, 0.6) is 0 Å². The standard InChI is InChI=1S/C11H9BrN2O/c12-9-1-2-10-7(3-9)4-13-11(14-10)8-5-15-6-8/h1-4,8H,5-6H2. The van der Waals surface area contributed by atoms with Gasteiger partial charge in [-0.1, -0.05) is 15.9 Å². The molecule has 0 amide bonds. The predicted molar refractivity (Wildman–Crippen MR) is 60.8 cm³/mol. The Balaban J connectivity index is 2.09. The third-order valence-corrected chi connectivity index (χ3v) is 3.06. The molecular formula is C11H9BrN2O. The van der Waals surface area contributed by atoms with Crippen molar-refractivity contribution in [1.29, 1.82) is 0 Å². The summed E-state index contributed by atoms with van der Waals surface area (Å²) in [6, 6.07) is 6.02. The highest BCUT2D eigenvalue weighted by atomic mass is 79.9. The maximum Gasteiger partial charge on any atom is 0.136 e. The topological polar surface area (TPSA) is 35.0 Å². The van der Waals surface area contributed by atoms with Crippen LogP contribution in [-0.2, 0) is 4.74 Å². The van der Waals surface area contributed by atoms with Gasteiger partial charge in [-0.25, -0.2) is 9.97 Å². The molecule has 15 heavy (non-hydrogen) atoms. The number of nitrogens with zero attached hydrogens (tertiary/aromatic N) is 2. The Kier molecular flexibility index (Phi) is 2.18. The summed E-state index contributed by atoms with van der Waals surface area (Å²) in [6.45, 7) is 1.50.